The smallest absolute Gasteiger partial charge is 0.264 e. The van der Waals surface area contributed by atoms with Gasteiger partial charge in [0.2, 0.25) is 5.91 Å². The fraction of sp³-hybridized carbons (Fsp3) is 0.235. The van der Waals surface area contributed by atoms with Gasteiger partial charge >= 0.3 is 0 Å². The van der Waals surface area contributed by atoms with Crippen LogP contribution in [-0.2, 0) is 20.2 Å². The van der Waals surface area contributed by atoms with E-state index in [1.54, 1.807) is 72.8 Å². The van der Waals surface area contributed by atoms with E-state index in [1.165, 1.54) is 0 Å². The van der Waals surface area contributed by atoms with Crippen molar-refractivity contribution in [2.45, 2.75) is 51.9 Å². The molecule has 218 valence electrons. The summed E-state index contributed by atoms with van der Waals surface area (Å²) in [4.78, 5) is 26.3. The third-order valence-electron chi connectivity index (χ3n) is 7.16. The van der Waals surface area contributed by atoms with E-state index in [0.717, 1.165) is 26.6 Å². The second kappa shape index (κ2) is 12.2. The van der Waals surface area contributed by atoms with Gasteiger partial charge in [-0.1, -0.05) is 68.8 Å². The van der Waals surface area contributed by atoms with Crippen molar-refractivity contribution in [3.05, 3.63) is 119 Å². The highest BCUT2D eigenvalue weighted by atomic mass is 32.2. The molecule has 0 aromatic heterocycles. The van der Waals surface area contributed by atoms with E-state index in [9.17, 15) is 18.0 Å². The minimum absolute atomic E-state index is 0.0192. The molecule has 42 heavy (non-hydrogen) atoms. The molecule has 0 fully saturated rings. The van der Waals surface area contributed by atoms with Gasteiger partial charge in [-0.2, -0.15) is 0 Å². The van der Waals surface area contributed by atoms with Crippen molar-refractivity contribution in [1.82, 2.24) is 0 Å². The summed E-state index contributed by atoms with van der Waals surface area (Å²) in [6.45, 7) is 11.5. The van der Waals surface area contributed by atoms with Crippen LogP contribution in [0.1, 0.15) is 53.4 Å². The molecule has 0 spiro atoms. The first-order chi connectivity index (χ1) is 19.8. The number of carbonyl (C=O) groups is 2. The Morgan fingerprint density at radius 1 is 0.762 bits per heavy atom. The quantitative estimate of drug-likeness (QED) is 0.234. The number of hydrogen-bond acceptors (Lipinski definition) is 4. The summed E-state index contributed by atoms with van der Waals surface area (Å²) in [5.41, 5.74) is 5.59. The molecule has 0 saturated carbocycles. The minimum Gasteiger partial charge on any atom is -0.324 e. The number of anilines is 3. The Morgan fingerprint density at radius 2 is 1.36 bits per heavy atom. The molecule has 0 saturated heterocycles. The Kier molecular flexibility index (Phi) is 8.87. The maximum atomic E-state index is 13.8. The normalized spacial score (nSPS) is 11.6. The van der Waals surface area contributed by atoms with Crippen LogP contribution in [0, 0.1) is 20.8 Å². The summed E-state index contributed by atoms with van der Waals surface area (Å²) in [7, 11) is -4.05. The predicted octanol–water partition coefficient (Wildman–Crippen LogP) is 7.00. The number of carbonyl (C=O) groups excluding carboxylic acids is 2. The average Bonchev–Trinajstić information content (AvgIpc) is 2.93. The molecular weight excluding hydrogens is 546 g/mol. The third kappa shape index (κ3) is 7.06. The van der Waals surface area contributed by atoms with Crippen molar-refractivity contribution in [2.75, 3.05) is 21.5 Å². The minimum atomic E-state index is -4.05. The average molecular weight is 584 g/mol. The lowest BCUT2D eigenvalue weighted by Crippen LogP contribution is -2.38. The zero-order valence-electron chi connectivity index (χ0n) is 24.9. The van der Waals surface area contributed by atoms with E-state index in [1.807, 2.05) is 39.0 Å². The molecule has 2 N–H and O–H groups in total. The molecule has 4 aromatic carbocycles. The first-order valence-corrected chi connectivity index (χ1v) is 15.2. The maximum Gasteiger partial charge on any atom is 0.264 e. The van der Waals surface area contributed by atoms with Crippen molar-refractivity contribution in [3.8, 4) is 0 Å². The zero-order chi connectivity index (χ0) is 30.7. The van der Waals surface area contributed by atoms with Gasteiger partial charge in [-0.05, 0) is 91.4 Å². The molecule has 0 aliphatic carbocycles. The third-order valence-corrected chi connectivity index (χ3v) is 8.93. The molecule has 0 bridgehead atoms. The molecule has 7 nitrogen and oxygen atoms in total. The van der Waals surface area contributed by atoms with Crippen LogP contribution >= 0.6 is 0 Å². The number of rotatable bonds is 8. The first-order valence-electron chi connectivity index (χ1n) is 13.7. The summed E-state index contributed by atoms with van der Waals surface area (Å²) in [5.74, 6) is -0.794. The Balaban J connectivity index is 1.54. The van der Waals surface area contributed by atoms with Gasteiger partial charge in [-0.15, -0.1) is 0 Å². The summed E-state index contributed by atoms with van der Waals surface area (Å²) >= 11 is 0. The largest absolute Gasteiger partial charge is 0.324 e. The second-order valence-electron chi connectivity index (χ2n) is 11.5. The van der Waals surface area contributed by atoms with Crippen molar-refractivity contribution in [1.29, 1.82) is 0 Å². The maximum absolute atomic E-state index is 13.8. The fourth-order valence-electron chi connectivity index (χ4n) is 4.47. The fourth-order valence-corrected chi connectivity index (χ4v) is 5.95. The van der Waals surface area contributed by atoms with Gasteiger partial charge < -0.3 is 10.6 Å². The number of hydrogen-bond donors (Lipinski definition) is 2. The Morgan fingerprint density at radius 3 is 1.98 bits per heavy atom. The molecule has 4 aromatic rings. The number of benzene rings is 4. The van der Waals surface area contributed by atoms with Crippen molar-refractivity contribution in [3.63, 3.8) is 0 Å². The van der Waals surface area contributed by atoms with E-state index >= 15 is 0 Å². The molecule has 2 amide bonds. The van der Waals surface area contributed by atoms with Crippen LogP contribution in [0.3, 0.4) is 0 Å². The SMILES string of the molecule is Cc1ccc(S(=O)(=O)N(CC(=O)Nc2cccc(NC(=O)c3ccc(C(C)(C)C)cc3)c2)c2cccc(C)c2C)cc1. The molecule has 4 rings (SSSR count). The van der Waals surface area contributed by atoms with Gasteiger partial charge in [0.05, 0.1) is 10.6 Å². The van der Waals surface area contributed by atoms with Gasteiger partial charge in [0, 0.05) is 16.9 Å². The standard InChI is InChI=1S/C34H37N3O4S/c1-23-13-19-30(20-14-23)42(40,41)37(31-12-7-9-24(2)25(31)3)22-32(38)35-28-10-8-11-29(21-28)36-33(39)26-15-17-27(18-16-26)34(4,5)6/h7-21H,22H2,1-6H3,(H,35,38)(H,36,39). The molecule has 0 heterocycles. The summed E-state index contributed by atoms with van der Waals surface area (Å²) in [5, 5.41) is 5.65. The molecular formula is C34H37N3O4S. The first kappa shape index (κ1) is 30.5. The lowest BCUT2D eigenvalue weighted by molar-refractivity contribution is -0.114. The van der Waals surface area contributed by atoms with Crippen molar-refractivity contribution >= 4 is 38.9 Å². The highest BCUT2D eigenvalue weighted by Gasteiger charge is 2.28. The Hall–Kier alpha value is -4.43. The zero-order valence-corrected chi connectivity index (χ0v) is 25.7. The molecule has 0 atom stereocenters. The van der Waals surface area contributed by atoms with Crippen LogP contribution in [0.25, 0.3) is 0 Å². The van der Waals surface area contributed by atoms with E-state index in [-0.39, 0.29) is 16.2 Å². The molecule has 8 heteroatoms. The molecule has 0 aliphatic heterocycles. The lowest BCUT2D eigenvalue weighted by Gasteiger charge is -2.26. The summed E-state index contributed by atoms with van der Waals surface area (Å²) < 4.78 is 28.7. The van der Waals surface area contributed by atoms with Gasteiger partial charge in [0.1, 0.15) is 6.54 Å². The van der Waals surface area contributed by atoms with Crippen LogP contribution in [0.4, 0.5) is 17.1 Å². The van der Waals surface area contributed by atoms with Crippen molar-refractivity contribution in [2.24, 2.45) is 0 Å². The lowest BCUT2D eigenvalue weighted by atomic mass is 9.87. The number of sulfonamides is 1. The van der Waals surface area contributed by atoms with Crippen molar-refractivity contribution < 1.29 is 18.0 Å². The van der Waals surface area contributed by atoms with Gasteiger partial charge in [-0.3, -0.25) is 13.9 Å². The second-order valence-corrected chi connectivity index (χ2v) is 13.3. The topological polar surface area (TPSA) is 95.6 Å². The van der Waals surface area contributed by atoms with Gasteiger partial charge in [0.15, 0.2) is 0 Å². The number of nitrogens with zero attached hydrogens (tertiary/aromatic N) is 1. The van der Waals surface area contributed by atoms with Crippen LogP contribution in [0.15, 0.2) is 95.9 Å². The van der Waals surface area contributed by atoms with Gasteiger partial charge in [-0.25, -0.2) is 8.42 Å². The highest BCUT2D eigenvalue weighted by Crippen LogP contribution is 2.29. The van der Waals surface area contributed by atoms with E-state index in [0.29, 0.717) is 22.6 Å². The van der Waals surface area contributed by atoms with E-state index < -0.39 is 22.5 Å². The number of aryl methyl sites for hydroxylation is 2. The molecule has 0 aliphatic rings. The molecule has 0 unspecified atom stereocenters. The number of nitrogens with one attached hydrogen (secondary N) is 2. The Labute approximate surface area is 248 Å². The van der Waals surface area contributed by atoms with E-state index in [4.69, 9.17) is 0 Å². The summed E-state index contributed by atoms with van der Waals surface area (Å²) in [6.07, 6.45) is 0. The molecule has 0 radical (unpaired) electrons. The predicted molar refractivity (Wildman–Crippen MR) is 170 cm³/mol. The van der Waals surface area contributed by atoms with E-state index in [2.05, 4.69) is 31.4 Å². The van der Waals surface area contributed by atoms with Crippen LogP contribution in [-0.4, -0.2) is 26.8 Å². The van der Waals surface area contributed by atoms with Gasteiger partial charge in [0.25, 0.3) is 15.9 Å². The highest BCUT2D eigenvalue weighted by molar-refractivity contribution is 7.92. The van der Waals surface area contributed by atoms with Crippen LogP contribution in [0.2, 0.25) is 0 Å². The van der Waals surface area contributed by atoms with Crippen LogP contribution in [0.5, 0.6) is 0 Å². The summed E-state index contributed by atoms with van der Waals surface area (Å²) in [6, 6.07) is 26.1. The van der Waals surface area contributed by atoms with Crippen LogP contribution < -0.4 is 14.9 Å². The number of amides is 2. The Bertz CT molecular complexity index is 1710. The monoisotopic (exact) mass is 583 g/mol.